The molecule has 0 heterocycles. The van der Waals surface area contributed by atoms with Crippen molar-refractivity contribution in [1.29, 1.82) is 0 Å². The second kappa shape index (κ2) is 8.76. The summed E-state index contributed by atoms with van der Waals surface area (Å²) >= 11 is 0. The molecule has 3 aliphatic rings. The predicted molar refractivity (Wildman–Crippen MR) is 142 cm³/mol. The van der Waals surface area contributed by atoms with E-state index in [0.29, 0.717) is 24.8 Å². The number of rotatable bonds is 8. The monoisotopic (exact) mass is 488 g/mol. The van der Waals surface area contributed by atoms with Gasteiger partial charge in [0, 0.05) is 11.0 Å². The molecule has 3 saturated carbocycles. The second-order valence-electron chi connectivity index (χ2n) is 12.2. The molecule has 3 aliphatic carbocycles. The zero-order chi connectivity index (χ0) is 26.7. The third kappa shape index (κ3) is 3.13. The lowest BCUT2D eigenvalue weighted by Crippen LogP contribution is -2.60. The van der Waals surface area contributed by atoms with Crippen molar-refractivity contribution < 1.29 is 19.5 Å². The van der Waals surface area contributed by atoms with Gasteiger partial charge in [0.15, 0.2) is 22.8 Å². The fourth-order valence-electron chi connectivity index (χ4n) is 7.74. The Balaban J connectivity index is 2.04. The lowest BCUT2D eigenvalue weighted by molar-refractivity contribution is -0.166. The first-order valence-electron chi connectivity index (χ1n) is 13.1. The molecule has 0 aromatic heterocycles. The molecule has 4 heteroatoms. The van der Waals surface area contributed by atoms with Crippen LogP contribution in [0.4, 0.5) is 0 Å². The Labute approximate surface area is 215 Å². The maximum absolute atomic E-state index is 14.7. The standard InChI is InChI=1S/C32H40O4/c1-20(2)13-15-24-19-30(18-17-22(5)6)27(34)31(26(33)23-11-9-8-10-12-23)25(16-14-21(3)4)29(24,7)32(30,36)28(31)35/h8-14,17,24-25,36H,15-16,18-19H2,1-7H3/t24-,25?,29-,30+,31+,32-/m1/s1. The first kappa shape index (κ1) is 26.5. The Morgan fingerprint density at radius 2 is 1.44 bits per heavy atom. The molecule has 0 aliphatic heterocycles. The maximum Gasteiger partial charge on any atom is 0.187 e. The lowest BCUT2D eigenvalue weighted by atomic mass is 9.52. The average Bonchev–Trinajstić information content (AvgIpc) is 3.16. The van der Waals surface area contributed by atoms with Crippen LogP contribution in [0.3, 0.4) is 0 Å². The van der Waals surface area contributed by atoms with Crippen LogP contribution in [0.25, 0.3) is 0 Å². The zero-order valence-electron chi connectivity index (χ0n) is 22.8. The molecule has 3 fully saturated rings. The van der Waals surface area contributed by atoms with Gasteiger partial charge in [0.25, 0.3) is 0 Å². The van der Waals surface area contributed by atoms with E-state index in [1.165, 1.54) is 0 Å². The van der Waals surface area contributed by atoms with E-state index in [9.17, 15) is 19.5 Å². The van der Waals surface area contributed by atoms with E-state index in [4.69, 9.17) is 0 Å². The smallest absolute Gasteiger partial charge is 0.187 e. The Kier molecular flexibility index (Phi) is 6.44. The Morgan fingerprint density at radius 1 is 0.889 bits per heavy atom. The highest BCUT2D eigenvalue weighted by Gasteiger charge is 2.94. The molecular formula is C32H40O4. The van der Waals surface area contributed by atoms with Crippen molar-refractivity contribution in [1.82, 2.24) is 0 Å². The predicted octanol–water partition coefficient (Wildman–Crippen LogP) is 6.45. The third-order valence-electron chi connectivity index (χ3n) is 9.47. The molecule has 0 radical (unpaired) electrons. The summed E-state index contributed by atoms with van der Waals surface area (Å²) in [7, 11) is 0. The van der Waals surface area contributed by atoms with Crippen molar-refractivity contribution in [3.8, 4) is 0 Å². The van der Waals surface area contributed by atoms with Gasteiger partial charge < -0.3 is 5.11 Å². The quantitative estimate of drug-likeness (QED) is 0.259. The normalized spacial score (nSPS) is 36.1. The summed E-state index contributed by atoms with van der Waals surface area (Å²) in [6, 6.07) is 8.69. The van der Waals surface area contributed by atoms with Crippen molar-refractivity contribution in [2.24, 2.45) is 28.1 Å². The molecule has 2 bridgehead atoms. The number of hydrogen-bond acceptors (Lipinski definition) is 4. The minimum absolute atomic E-state index is 0.0978. The molecular weight excluding hydrogens is 448 g/mol. The van der Waals surface area contributed by atoms with Gasteiger partial charge in [0.05, 0.1) is 5.41 Å². The second-order valence-corrected chi connectivity index (χ2v) is 12.2. The SMILES string of the molecule is CC(C)=CCC1[C@]2(C(=O)c3ccccc3)C(=O)[C@]3(CC=C(C)C)C[C@@H](CC=C(C)C)[C@@]1(C)[C@]3(O)C2=O. The average molecular weight is 489 g/mol. The van der Waals surface area contributed by atoms with Gasteiger partial charge in [-0.3, -0.25) is 14.4 Å². The molecule has 1 aromatic rings. The fraction of sp³-hybridized carbons (Fsp3) is 0.531. The van der Waals surface area contributed by atoms with Gasteiger partial charge in [-0.2, -0.15) is 0 Å². The number of carbonyl (C=O) groups excluding carboxylic acids is 3. The third-order valence-corrected chi connectivity index (χ3v) is 9.47. The van der Waals surface area contributed by atoms with Crippen molar-refractivity contribution in [3.05, 3.63) is 70.8 Å². The minimum Gasteiger partial charge on any atom is -0.380 e. The largest absolute Gasteiger partial charge is 0.380 e. The molecule has 36 heavy (non-hydrogen) atoms. The number of hydrogen-bond donors (Lipinski definition) is 1. The highest BCUT2D eigenvalue weighted by Crippen LogP contribution is 2.81. The summed E-state index contributed by atoms with van der Waals surface area (Å²) in [4.78, 5) is 43.6. The fourth-order valence-corrected chi connectivity index (χ4v) is 7.74. The van der Waals surface area contributed by atoms with Gasteiger partial charge >= 0.3 is 0 Å². The topological polar surface area (TPSA) is 71.4 Å². The number of benzene rings is 1. The van der Waals surface area contributed by atoms with Crippen molar-refractivity contribution in [3.63, 3.8) is 0 Å². The van der Waals surface area contributed by atoms with Crippen LogP contribution in [0.5, 0.6) is 0 Å². The number of ketones is 3. The van der Waals surface area contributed by atoms with Gasteiger partial charge in [-0.25, -0.2) is 0 Å². The van der Waals surface area contributed by atoms with Crippen LogP contribution in [-0.2, 0) is 9.59 Å². The van der Waals surface area contributed by atoms with Gasteiger partial charge in [0.2, 0.25) is 0 Å². The van der Waals surface area contributed by atoms with Crippen molar-refractivity contribution >= 4 is 17.3 Å². The van der Waals surface area contributed by atoms with Gasteiger partial charge in [-0.05, 0) is 79.1 Å². The number of aliphatic hydroxyl groups is 1. The van der Waals surface area contributed by atoms with Crippen LogP contribution in [0, 0.1) is 28.1 Å². The first-order valence-corrected chi connectivity index (χ1v) is 13.1. The number of Topliss-reactive ketones (excluding diaryl/α,β-unsaturated/α-hetero) is 3. The first-order chi connectivity index (χ1) is 16.8. The van der Waals surface area contributed by atoms with Crippen LogP contribution >= 0.6 is 0 Å². The van der Waals surface area contributed by atoms with Crippen molar-refractivity contribution in [2.75, 3.05) is 0 Å². The summed E-state index contributed by atoms with van der Waals surface area (Å²) in [5.74, 6) is -2.08. The summed E-state index contributed by atoms with van der Waals surface area (Å²) in [5.41, 5.74) is -2.35. The summed E-state index contributed by atoms with van der Waals surface area (Å²) < 4.78 is 0. The molecule has 4 rings (SSSR count). The van der Waals surface area contributed by atoms with E-state index in [2.05, 4.69) is 6.08 Å². The van der Waals surface area contributed by atoms with E-state index in [0.717, 1.165) is 16.7 Å². The molecule has 1 aromatic carbocycles. The Bertz CT molecular complexity index is 1190. The molecule has 192 valence electrons. The van der Waals surface area contributed by atoms with Gasteiger partial charge in [0.1, 0.15) is 5.60 Å². The number of allylic oxidation sites excluding steroid dienone is 6. The summed E-state index contributed by atoms with van der Waals surface area (Å²) in [6.45, 7) is 13.9. The van der Waals surface area contributed by atoms with Crippen LogP contribution in [-0.4, -0.2) is 28.1 Å². The van der Waals surface area contributed by atoms with Crippen LogP contribution in [0.1, 0.15) is 84.5 Å². The van der Waals surface area contributed by atoms with Crippen LogP contribution in [0.15, 0.2) is 65.3 Å². The highest BCUT2D eigenvalue weighted by atomic mass is 16.3. The van der Waals surface area contributed by atoms with Gasteiger partial charge in [-0.1, -0.05) is 72.2 Å². The summed E-state index contributed by atoms with van der Waals surface area (Å²) in [5, 5.41) is 12.6. The zero-order valence-corrected chi connectivity index (χ0v) is 22.8. The molecule has 1 unspecified atom stereocenters. The van der Waals surface area contributed by atoms with Crippen LogP contribution in [0.2, 0.25) is 0 Å². The minimum atomic E-state index is -1.88. The molecule has 4 nitrogen and oxygen atoms in total. The Morgan fingerprint density at radius 3 is 2.00 bits per heavy atom. The highest BCUT2D eigenvalue weighted by molar-refractivity contribution is 6.38. The number of fused-ring (bicyclic) bond motifs is 1. The van der Waals surface area contributed by atoms with E-state index < -0.39 is 39.3 Å². The molecule has 0 saturated heterocycles. The van der Waals surface area contributed by atoms with Crippen LogP contribution < -0.4 is 0 Å². The Hall–Kier alpha value is -2.59. The molecule has 6 atom stereocenters. The van der Waals surface area contributed by atoms with E-state index in [1.54, 1.807) is 24.3 Å². The maximum atomic E-state index is 14.7. The van der Waals surface area contributed by atoms with E-state index in [1.807, 2.05) is 66.7 Å². The molecule has 0 spiro atoms. The molecule has 1 N–H and O–H groups in total. The summed E-state index contributed by atoms with van der Waals surface area (Å²) in [6.07, 6.45) is 7.88. The lowest BCUT2D eigenvalue weighted by Gasteiger charge is -2.49. The van der Waals surface area contributed by atoms with Gasteiger partial charge in [-0.15, -0.1) is 0 Å². The van der Waals surface area contributed by atoms with E-state index in [-0.39, 0.29) is 18.1 Å². The number of carbonyl (C=O) groups is 3. The molecule has 0 amide bonds. The van der Waals surface area contributed by atoms with E-state index >= 15 is 0 Å². The van der Waals surface area contributed by atoms with Crippen molar-refractivity contribution in [2.45, 2.75) is 79.8 Å².